The Hall–Kier alpha value is -3.22. The zero-order chi connectivity index (χ0) is 20.8. The number of nitrogens with zero attached hydrogens (tertiary/aromatic N) is 3. The molecule has 2 amide bonds. The van der Waals surface area contributed by atoms with Crippen molar-refractivity contribution in [1.29, 1.82) is 0 Å². The summed E-state index contributed by atoms with van der Waals surface area (Å²) in [4.78, 5) is 14.4. The van der Waals surface area contributed by atoms with Crippen molar-refractivity contribution in [1.82, 2.24) is 20.4 Å². The van der Waals surface area contributed by atoms with Crippen LogP contribution in [0.5, 0.6) is 0 Å². The first-order valence-electron chi connectivity index (χ1n) is 10.3. The number of nitrogens with one attached hydrogen (secondary N) is 1. The second kappa shape index (κ2) is 9.52. The number of piperidine rings is 1. The molecule has 1 fully saturated rings. The van der Waals surface area contributed by atoms with Gasteiger partial charge in [0, 0.05) is 25.2 Å². The van der Waals surface area contributed by atoms with Crippen LogP contribution in [0.25, 0.3) is 11.5 Å². The minimum atomic E-state index is -0.309. The summed E-state index contributed by atoms with van der Waals surface area (Å²) in [5.74, 6) is 0.593. The van der Waals surface area contributed by atoms with Crippen molar-refractivity contribution in [2.75, 3.05) is 19.6 Å². The SMILES string of the molecule is O=C(NCCCc1ccccc1)N1CCCC(c2nnc(-c3ccc(F)cc3)o2)C1. The van der Waals surface area contributed by atoms with E-state index in [1.165, 1.54) is 17.7 Å². The number of carbonyl (C=O) groups excluding carboxylic acids is 1. The molecule has 156 valence electrons. The number of aromatic nitrogens is 2. The van der Waals surface area contributed by atoms with Crippen LogP contribution < -0.4 is 5.32 Å². The van der Waals surface area contributed by atoms with Crippen molar-refractivity contribution in [3.63, 3.8) is 0 Å². The van der Waals surface area contributed by atoms with Gasteiger partial charge in [0.1, 0.15) is 5.82 Å². The minimum Gasteiger partial charge on any atom is -0.420 e. The number of urea groups is 1. The molecule has 2 aromatic carbocycles. The molecule has 2 heterocycles. The highest BCUT2D eigenvalue weighted by Crippen LogP contribution is 2.28. The van der Waals surface area contributed by atoms with E-state index in [1.54, 1.807) is 12.1 Å². The average Bonchev–Trinajstić information content (AvgIpc) is 3.28. The zero-order valence-corrected chi connectivity index (χ0v) is 16.8. The first kappa shape index (κ1) is 20.1. The third kappa shape index (κ3) is 5.03. The Kier molecular flexibility index (Phi) is 6.37. The van der Waals surface area contributed by atoms with E-state index in [-0.39, 0.29) is 17.8 Å². The number of hydrogen-bond donors (Lipinski definition) is 1. The third-order valence-corrected chi connectivity index (χ3v) is 5.35. The Balaban J connectivity index is 1.28. The van der Waals surface area contributed by atoms with Gasteiger partial charge in [-0.05, 0) is 55.5 Å². The molecular formula is C23H25FN4O2. The van der Waals surface area contributed by atoms with Crippen LogP contribution >= 0.6 is 0 Å². The molecule has 4 rings (SSSR count). The first-order valence-corrected chi connectivity index (χ1v) is 10.3. The predicted octanol–water partition coefficient (Wildman–Crippen LogP) is 4.40. The van der Waals surface area contributed by atoms with Crippen LogP contribution in [-0.4, -0.2) is 40.8 Å². The summed E-state index contributed by atoms with van der Waals surface area (Å²) < 4.78 is 18.9. The lowest BCUT2D eigenvalue weighted by Gasteiger charge is -2.31. The second-order valence-electron chi connectivity index (χ2n) is 7.56. The van der Waals surface area contributed by atoms with E-state index in [2.05, 4.69) is 27.6 Å². The fraction of sp³-hybridized carbons (Fsp3) is 0.348. The van der Waals surface area contributed by atoms with Crippen molar-refractivity contribution in [2.45, 2.75) is 31.6 Å². The van der Waals surface area contributed by atoms with Gasteiger partial charge in [-0.1, -0.05) is 30.3 Å². The van der Waals surface area contributed by atoms with Gasteiger partial charge in [-0.15, -0.1) is 10.2 Å². The number of aryl methyl sites for hydroxylation is 1. The van der Waals surface area contributed by atoms with Crippen molar-refractivity contribution >= 4 is 6.03 Å². The maximum absolute atomic E-state index is 13.1. The van der Waals surface area contributed by atoms with Gasteiger partial charge in [-0.25, -0.2) is 9.18 Å². The third-order valence-electron chi connectivity index (χ3n) is 5.35. The quantitative estimate of drug-likeness (QED) is 0.614. The summed E-state index contributed by atoms with van der Waals surface area (Å²) in [5, 5.41) is 11.3. The van der Waals surface area contributed by atoms with Crippen LogP contribution in [0.3, 0.4) is 0 Å². The summed E-state index contributed by atoms with van der Waals surface area (Å²) in [6, 6.07) is 16.2. The van der Waals surface area contributed by atoms with Gasteiger partial charge in [-0.2, -0.15) is 0 Å². The van der Waals surface area contributed by atoms with Crippen LogP contribution in [0.15, 0.2) is 59.0 Å². The van der Waals surface area contributed by atoms with Crippen LogP contribution in [0, 0.1) is 5.82 Å². The Morgan fingerprint density at radius 2 is 1.93 bits per heavy atom. The zero-order valence-electron chi connectivity index (χ0n) is 16.8. The largest absolute Gasteiger partial charge is 0.420 e. The topological polar surface area (TPSA) is 71.3 Å². The minimum absolute atomic E-state index is 0.00974. The molecule has 1 N–H and O–H groups in total. The van der Waals surface area contributed by atoms with E-state index in [0.29, 0.717) is 30.4 Å². The molecule has 0 radical (unpaired) electrons. The van der Waals surface area contributed by atoms with E-state index >= 15 is 0 Å². The fourth-order valence-electron chi connectivity index (χ4n) is 3.72. The summed E-state index contributed by atoms with van der Waals surface area (Å²) in [6.07, 6.45) is 3.62. The van der Waals surface area contributed by atoms with Crippen LogP contribution in [0.4, 0.5) is 9.18 Å². The number of rotatable bonds is 6. The lowest BCUT2D eigenvalue weighted by Crippen LogP contribution is -2.45. The van der Waals surface area contributed by atoms with Crippen molar-refractivity contribution in [3.05, 3.63) is 71.9 Å². The Morgan fingerprint density at radius 3 is 2.73 bits per heavy atom. The lowest BCUT2D eigenvalue weighted by molar-refractivity contribution is 0.174. The second-order valence-corrected chi connectivity index (χ2v) is 7.56. The van der Waals surface area contributed by atoms with Crippen LogP contribution in [0.1, 0.15) is 36.6 Å². The number of likely N-dealkylation sites (tertiary alicyclic amines) is 1. The normalized spacial score (nSPS) is 16.4. The van der Waals surface area contributed by atoms with E-state index in [0.717, 1.165) is 32.2 Å². The average molecular weight is 408 g/mol. The monoisotopic (exact) mass is 408 g/mol. The molecule has 0 bridgehead atoms. The van der Waals surface area contributed by atoms with Crippen molar-refractivity contribution in [3.8, 4) is 11.5 Å². The fourth-order valence-corrected chi connectivity index (χ4v) is 3.72. The molecule has 0 aliphatic carbocycles. The number of hydrogen-bond acceptors (Lipinski definition) is 4. The Labute approximate surface area is 175 Å². The molecule has 0 spiro atoms. The summed E-state index contributed by atoms with van der Waals surface area (Å²) >= 11 is 0. The summed E-state index contributed by atoms with van der Waals surface area (Å²) in [7, 11) is 0. The highest BCUT2D eigenvalue weighted by atomic mass is 19.1. The van der Waals surface area contributed by atoms with Gasteiger partial charge < -0.3 is 14.6 Å². The molecule has 1 aliphatic heterocycles. The molecule has 1 unspecified atom stereocenters. The smallest absolute Gasteiger partial charge is 0.317 e. The Morgan fingerprint density at radius 1 is 1.13 bits per heavy atom. The lowest BCUT2D eigenvalue weighted by atomic mass is 9.98. The van der Waals surface area contributed by atoms with Gasteiger partial charge in [0.15, 0.2) is 0 Å². The maximum Gasteiger partial charge on any atom is 0.317 e. The first-order chi connectivity index (χ1) is 14.7. The summed E-state index contributed by atoms with van der Waals surface area (Å²) in [6.45, 7) is 1.92. The predicted molar refractivity (Wildman–Crippen MR) is 111 cm³/mol. The molecular weight excluding hydrogens is 383 g/mol. The molecule has 1 saturated heterocycles. The number of benzene rings is 2. The molecule has 0 saturated carbocycles. The highest BCUT2D eigenvalue weighted by Gasteiger charge is 2.28. The van der Waals surface area contributed by atoms with Gasteiger partial charge in [0.2, 0.25) is 11.8 Å². The van der Waals surface area contributed by atoms with Crippen molar-refractivity contribution in [2.24, 2.45) is 0 Å². The van der Waals surface area contributed by atoms with Crippen LogP contribution in [0.2, 0.25) is 0 Å². The molecule has 1 aromatic heterocycles. The standard InChI is InChI=1S/C23H25FN4O2/c24-20-12-10-18(11-13-20)21-26-27-22(30-21)19-9-5-15-28(16-19)23(29)25-14-4-8-17-6-2-1-3-7-17/h1-3,6-7,10-13,19H,4-5,8-9,14-16H2,(H,25,29). The molecule has 6 nitrogen and oxygen atoms in total. The molecule has 1 atom stereocenters. The number of amides is 2. The van der Waals surface area contributed by atoms with Gasteiger partial charge in [0.25, 0.3) is 0 Å². The van der Waals surface area contributed by atoms with Crippen molar-refractivity contribution < 1.29 is 13.6 Å². The molecule has 3 aromatic rings. The molecule has 30 heavy (non-hydrogen) atoms. The number of carbonyl (C=O) groups is 1. The maximum atomic E-state index is 13.1. The number of halogens is 1. The van der Waals surface area contributed by atoms with E-state index in [1.807, 2.05) is 23.1 Å². The molecule has 1 aliphatic rings. The summed E-state index contributed by atoms with van der Waals surface area (Å²) in [5.41, 5.74) is 1.96. The molecule has 7 heteroatoms. The highest BCUT2D eigenvalue weighted by molar-refractivity contribution is 5.74. The Bertz CT molecular complexity index is 959. The van der Waals surface area contributed by atoms with Gasteiger partial charge >= 0.3 is 6.03 Å². The van der Waals surface area contributed by atoms with E-state index < -0.39 is 0 Å². The van der Waals surface area contributed by atoms with E-state index in [4.69, 9.17) is 4.42 Å². The van der Waals surface area contributed by atoms with Gasteiger partial charge in [-0.3, -0.25) is 0 Å². The van der Waals surface area contributed by atoms with Gasteiger partial charge in [0.05, 0.1) is 5.92 Å². The van der Waals surface area contributed by atoms with Crippen LogP contribution in [-0.2, 0) is 6.42 Å². The van der Waals surface area contributed by atoms with E-state index in [9.17, 15) is 9.18 Å².